The van der Waals surface area contributed by atoms with E-state index in [0.29, 0.717) is 21.5 Å². The quantitative estimate of drug-likeness (QED) is 0.624. The summed E-state index contributed by atoms with van der Waals surface area (Å²) in [5, 5.41) is 2.68. The van der Waals surface area contributed by atoms with Gasteiger partial charge in [-0.3, -0.25) is 4.79 Å². The van der Waals surface area contributed by atoms with Gasteiger partial charge in [-0.1, -0.05) is 17.7 Å². The van der Waals surface area contributed by atoms with Gasteiger partial charge in [0.2, 0.25) is 0 Å². The number of fused-ring (bicyclic) bond motifs is 1. The van der Waals surface area contributed by atoms with Crippen molar-refractivity contribution in [3.63, 3.8) is 0 Å². The molecule has 2 aromatic heterocycles. The Hall–Kier alpha value is -1.42. The van der Waals surface area contributed by atoms with Crippen LogP contribution in [-0.2, 0) is 0 Å². The minimum Gasteiger partial charge on any atom is -0.276 e. The molecule has 0 amide bonds. The summed E-state index contributed by atoms with van der Waals surface area (Å²) in [6.45, 7) is 0. The Kier molecular flexibility index (Phi) is 3.27. The van der Waals surface area contributed by atoms with Gasteiger partial charge in [0.05, 0.1) is 16.1 Å². The van der Waals surface area contributed by atoms with Crippen LogP contribution in [0.25, 0.3) is 21.5 Å². The van der Waals surface area contributed by atoms with Crippen molar-refractivity contribution < 1.29 is 4.79 Å². The third kappa shape index (κ3) is 2.37. The van der Waals surface area contributed by atoms with Crippen molar-refractivity contribution in [3.8, 4) is 10.6 Å². The van der Waals surface area contributed by atoms with E-state index in [1.807, 2.05) is 17.5 Å². The zero-order valence-corrected chi connectivity index (χ0v) is 11.9. The molecule has 19 heavy (non-hydrogen) atoms. The van der Waals surface area contributed by atoms with Gasteiger partial charge in [-0.2, -0.15) is 0 Å². The van der Waals surface area contributed by atoms with Crippen molar-refractivity contribution in [3.05, 3.63) is 52.4 Å². The molecule has 0 aliphatic rings. The number of pyridine rings is 1. The van der Waals surface area contributed by atoms with Gasteiger partial charge in [0.25, 0.3) is 5.24 Å². The van der Waals surface area contributed by atoms with E-state index >= 15 is 0 Å². The molecular formula is C14H7Cl2NOS. The number of rotatable bonds is 2. The van der Waals surface area contributed by atoms with Crippen LogP contribution in [0, 0.1) is 0 Å². The summed E-state index contributed by atoms with van der Waals surface area (Å²) in [5.41, 5.74) is 1.88. The van der Waals surface area contributed by atoms with Gasteiger partial charge in [-0.15, -0.1) is 11.3 Å². The summed E-state index contributed by atoms with van der Waals surface area (Å²) in [6.07, 6.45) is 0. The molecule has 0 N–H and O–H groups in total. The number of thiophene rings is 1. The van der Waals surface area contributed by atoms with Gasteiger partial charge in [0.1, 0.15) is 0 Å². The predicted octanol–water partition coefficient (Wildman–Crippen LogP) is 5.00. The number of carbonyl (C=O) groups excluding carboxylic acids is 1. The number of carbonyl (C=O) groups is 1. The number of benzene rings is 1. The summed E-state index contributed by atoms with van der Waals surface area (Å²) in [6, 6.07) is 10.8. The van der Waals surface area contributed by atoms with E-state index in [-0.39, 0.29) is 0 Å². The Labute approximate surface area is 123 Å². The van der Waals surface area contributed by atoms with Crippen molar-refractivity contribution in [1.82, 2.24) is 4.98 Å². The molecule has 0 saturated carbocycles. The lowest BCUT2D eigenvalue weighted by Gasteiger charge is -2.06. The Morgan fingerprint density at radius 2 is 2.05 bits per heavy atom. The first-order chi connectivity index (χ1) is 9.15. The van der Waals surface area contributed by atoms with Crippen molar-refractivity contribution in [2.24, 2.45) is 0 Å². The van der Waals surface area contributed by atoms with Crippen LogP contribution in [0.15, 0.2) is 41.8 Å². The molecule has 0 saturated heterocycles. The second-order valence-corrected chi connectivity index (χ2v) is 5.69. The second-order valence-electron chi connectivity index (χ2n) is 3.97. The third-order valence-corrected chi connectivity index (χ3v) is 4.09. The minimum absolute atomic E-state index is 0.428. The molecule has 2 nitrogen and oxygen atoms in total. The van der Waals surface area contributed by atoms with Crippen LogP contribution < -0.4 is 0 Å². The fourth-order valence-electron chi connectivity index (χ4n) is 1.91. The predicted molar refractivity (Wildman–Crippen MR) is 80.2 cm³/mol. The minimum atomic E-state index is -0.507. The highest BCUT2D eigenvalue weighted by atomic mass is 35.5. The fourth-order valence-corrected chi connectivity index (χ4v) is 2.93. The van der Waals surface area contributed by atoms with Crippen molar-refractivity contribution >= 4 is 50.7 Å². The first-order valence-corrected chi connectivity index (χ1v) is 7.13. The lowest BCUT2D eigenvalue weighted by atomic mass is 10.1. The standard InChI is InChI=1S/C14H7Cl2NOS/c15-8-3-4-11-9(6-8)10(14(16)18)7-12(17-11)13-2-1-5-19-13/h1-7H. The molecule has 0 fully saturated rings. The number of aromatic nitrogens is 1. The van der Waals surface area contributed by atoms with Crippen LogP contribution >= 0.6 is 34.5 Å². The van der Waals surface area contributed by atoms with Crippen LogP contribution in [0.1, 0.15) is 10.4 Å². The van der Waals surface area contributed by atoms with E-state index in [4.69, 9.17) is 23.2 Å². The van der Waals surface area contributed by atoms with Crippen LogP contribution in [0.5, 0.6) is 0 Å². The van der Waals surface area contributed by atoms with Crippen LogP contribution in [0.3, 0.4) is 0 Å². The molecular weight excluding hydrogens is 301 g/mol. The molecule has 2 heterocycles. The molecule has 1 aromatic carbocycles. The zero-order valence-electron chi connectivity index (χ0n) is 9.56. The summed E-state index contributed by atoms with van der Waals surface area (Å²) >= 11 is 13.2. The molecule has 94 valence electrons. The highest BCUT2D eigenvalue weighted by Crippen LogP contribution is 2.29. The van der Waals surface area contributed by atoms with Gasteiger partial charge < -0.3 is 0 Å². The van der Waals surface area contributed by atoms with Gasteiger partial charge in [0, 0.05) is 16.0 Å². The second kappa shape index (κ2) is 4.93. The largest absolute Gasteiger partial charge is 0.276 e. The molecule has 0 aliphatic heterocycles. The summed E-state index contributed by atoms with van der Waals surface area (Å²) < 4.78 is 0. The molecule has 0 radical (unpaired) electrons. The van der Waals surface area contributed by atoms with Crippen molar-refractivity contribution in [2.75, 3.05) is 0 Å². The SMILES string of the molecule is O=C(Cl)c1cc(-c2cccs2)nc2ccc(Cl)cc12. The average Bonchev–Trinajstić information content (AvgIpc) is 2.91. The van der Waals surface area contributed by atoms with Crippen molar-refractivity contribution in [1.29, 1.82) is 0 Å². The molecule has 3 rings (SSSR count). The normalized spacial score (nSPS) is 10.8. The zero-order chi connectivity index (χ0) is 13.4. The first-order valence-electron chi connectivity index (χ1n) is 5.49. The van der Waals surface area contributed by atoms with E-state index in [9.17, 15) is 4.79 Å². The number of hydrogen-bond acceptors (Lipinski definition) is 3. The fraction of sp³-hybridized carbons (Fsp3) is 0. The summed E-state index contributed by atoms with van der Waals surface area (Å²) in [4.78, 5) is 17.1. The highest BCUT2D eigenvalue weighted by molar-refractivity contribution is 7.13. The van der Waals surface area contributed by atoms with E-state index in [0.717, 1.165) is 10.6 Å². The maximum atomic E-state index is 11.6. The maximum Gasteiger partial charge on any atom is 0.253 e. The molecule has 3 aromatic rings. The van der Waals surface area contributed by atoms with Crippen LogP contribution in [-0.4, -0.2) is 10.2 Å². The smallest absolute Gasteiger partial charge is 0.253 e. The van der Waals surface area contributed by atoms with E-state index in [2.05, 4.69) is 4.98 Å². The maximum absolute atomic E-state index is 11.6. The van der Waals surface area contributed by atoms with E-state index in [1.165, 1.54) is 0 Å². The van der Waals surface area contributed by atoms with E-state index in [1.54, 1.807) is 35.6 Å². The summed E-state index contributed by atoms with van der Waals surface area (Å²) in [5.74, 6) is 0. The first kappa shape index (κ1) is 12.6. The van der Waals surface area contributed by atoms with Gasteiger partial charge >= 0.3 is 0 Å². The highest BCUT2D eigenvalue weighted by Gasteiger charge is 2.13. The van der Waals surface area contributed by atoms with Crippen LogP contribution in [0.4, 0.5) is 0 Å². The topological polar surface area (TPSA) is 30.0 Å². The third-order valence-electron chi connectivity index (χ3n) is 2.76. The molecule has 0 atom stereocenters. The summed E-state index contributed by atoms with van der Waals surface area (Å²) in [7, 11) is 0. The molecule has 5 heteroatoms. The van der Waals surface area contributed by atoms with Gasteiger partial charge in [-0.05, 0) is 47.3 Å². The van der Waals surface area contributed by atoms with Gasteiger partial charge in [-0.25, -0.2) is 4.98 Å². The average molecular weight is 308 g/mol. The van der Waals surface area contributed by atoms with Gasteiger partial charge in [0.15, 0.2) is 0 Å². The Bertz CT molecular complexity index is 768. The molecule has 0 unspecified atom stereocenters. The lowest BCUT2D eigenvalue weighted by Crippen LogP contribution is -1.95. The molecule has 0 spiro atoms. The Balaban J connectivity index is 2.34. The monoisotopic (exact) mass is 307 g/mol. The number of nitrogens with zero attached hydrogens (tertiary/aromatic N) is 1. The number of halogens is 2. The van der Waals surface area contributed by atoms with E-state index < -0.39 is 5.24 Å². The van der Waals surface area contributed by atoms with Crippen LogP contribution in [0.2, 0.25) is 5.02 Å². The van der Waals surface area contributed by atoms with Crippen molar-refractivity contribution in [2.45, 2.75) is 0 Å². The Morgan fingerprint density at radius 3 is 2.74 bits per heavy atom. The molecule has 0 aliphatic carbocycles. The Morgan fingerprint density at radius 1 is 1.21 bits per heavy atom. The number of hydrogen-bond donors (Lipinski definition) is 0. The molecule has 0 bridgehead atoms. The lowest BCUT2D eigenvalue weighted by molar-refractivity contribution is 0.108.